The minimum atomic E-state index is -1.38. The number of halogens is 1. The summed E-state index contributed by atoms with van der Waals surface area (Å²) in [5.74, 6) is -2.80. The van der Waals surface area contributed by atoms with Crippen molar-refractivity contribution in [2.45, 2.75) is 114 Å². The lowest BCUT2D eigenvalue weighted by Crippen LogP contribution is -2.69. The van der Waals surface area contributed by atoms with Gasteiger partial charge >= 0.3 is 11.9 Å². The summed E-state index contributed by atoms with van der Waals surface area (Å²) < 4.78 is 25.8. The molecule has 13 nitrogen and oxygen atoms in total. The topological polar surface area (TPSA) is 162 Å². The Kier molecular flexibility index (Phi) is 9.95. The number of carbonyl (C=O) groups is 4. The molecule has 14 heteroatoms. The van der Waals surface area contributed by atoms with Gasteiger partial charge in [-0.05, 0) is 72.5 Å². The van der Waals surface area contributed by atoms with Gasteiger partial charge in [-0.15, -0.1) is 0 Å². The normalized spacial score (nSPS) is 29.2. The molecule has 2 bridgehead atoms. The molecule has 0 radical (unpaired) electrons. The van der Waals surface area contributed by atoms with Crippen molar-refractivity contribution in [2.24, 2.45) is 5.41 Å². The van der Waals surface area contributed by atoms with Gasteiger partial charge in [0.15, 0.2) is 11.8 Å². The largest absolute Gasteiger partial charge is 0.460 e. The standard InChI is InChI=1S/C37H44IN3O10/c1-35(2,3)48-28(44)13-12-24(20-42)40-27(43)14-15-39-34(46)37-18-26-29-30(50-36(49-29)16-21-8-4-5-9-22(21)17-36)32(37)51-41(31(37)33(45)47-26)19-23-10-6-7-11-25(23)38/h4-11,24,26,29-32,42H,12-20H2,1-3H3,(H,39,46)(H,40,43)/t24-,26+,29-,30-,31-,32+,37-/m0/s1. The van der Waals surface area contributed by atoms with Crippen molar-refractivity contribution >= 4 is 46.3 Å². The Bertz CT molecular complexity index is 1670. The van der Waals surface area contributed by atoms with Gasteiger partial charge < -0.3 is 34.7 Å². The van der Waals surface area contributed by atoms with Crippen LogP contribution in [0, 0.1) is 8.99 Å². The lowest BCUT2D eigenvalue weighted by atomic mass is 9.62. The molecule has 2 aromatic carbocycles. The van der Waals surface area contributed by atoms with Crippen LogP contribution in [-0.2, 0) is 62.3 Å². The summed E-state index contributed by atoms with van der Waals surface area (Å²) in [6, 6.07) is 14.1. The van der Waals surface area contributed by atoms with Crippen LogP contribution in [0.25, 0.3) is 0 Å². The number of amides is 2. The quantitative estimate of drug-likeness (QED) is 0.226. The van der Waals surface area contributed by atoms with Crippen molar-refractivity contribution in [2.75, 3.05) is 13.2 Å². The number of hydrogen-bond acceptors (Lipinski definition) is 11. The fourth-order valence-electron chi connectivity index (χ4n) is 8.20. The van der Waals surface area contributed by atoms with Crippen molar-refractivity contribution in [1.82, 2.24) is 15.7 Å². The smallest absolute Gasteiger partial charge is 0.327 e. The van der Waals surface area contributed by atoms with Gasteiger partial charge in [0, 0.05) is 42.2 Å². The number of benzene rings is 2. The van der Waals surface area contributed by atoms with Gasteiger partial charge in [0.1, 0.15) is 35.4 Å². The highest BCUT2D eigenvalue weighted by Gasteiger charge is 2.76. The zero-order valence-corrected chi connectivity index (χ0v) is 31.1. The van der Waals surface area contributed by atoms with Gasteiger partial charge in [-0.25, -0.2) is 0 Å². The molecule has 3 heterocycles. The average molecular weight is 818 g/mol. The molecule has 51 heavy (non-hydrogen) atoms. The average Bonchev–Trinajstić information content (AvgIpc) is 3.74. The Balaban J connectivity index is 1.07. The van der Waals surface area contributed by atoms with Crippen LogP contribution in [0.3, 0.4) is 0 Å². The number of aliphatic hydroxyl groups excluding tert-OH is 1. The number of rotatable bonds is 11. The predicted octanol–water partition coefficient (Wildman–Crippen LogP) is 2.48. The fourth-order valence-corrected chi connectivity index (χ4v) is 8.76. The lowest BCUT2D eigenvalue weighted by Gasteiger charge is -2.48. The second-order valence-corrected chi connectivity index (χ2v) is 16.3. The monoisotopic (exact) mass is 817 g/mol. The summed E-state index contributed by atoms with van der Waals surface area (Å²) in [4.78, 5) is 60.1. The van der Waals surface area contributed by atoms with Crippen LogP contribution in [0.5, 0.6) is 0 Å². The molecular formula is C37H44IN3O10. The van der Waals surface area contributed by atoms with Gasteiger partial charge in [0.05, 0.1) is 19.2 Å². The van der Waals surface area contributed by atoms with Gasteiger partial charge in [-0.3, -0.25) is 24.0 Å². The molecule has 274 valence electrons. The second kappa shape index (κ2) is 14.0. The summed E-state index contributed by atoms with van der Waals surface area (Å²) in [5, 5.41) is 17.0. The van der Waals surface area contributed by atoms with Crippen LogP contribution in [-0.4, -0.2) is 95.0 Å². The van der Waals surface area contributed by atoms with Gasteiger partial charge in [0.25, 0.3) is 0 Å². The third-order valence-corrected chi connectivity index (χ3v) is 11.4. The minimum Gasteiger partial charge on any atom is -0.460 e. The molecule has 0 aromatic heterocycles. The summed E-state index contributed by atoms with van der Waals surface area (Å²) in [5.41, 5.74) is 1.16. The molecule has 1 spiro atoms. The molecule has 7 atom stereocenters. The SMILES string of the molecule is CC(C)(C)OC(=O)CC[C@@H](CO)NC(=O)CCNC(=O)[C@@]12C[C@H]3OC(=O)[C@@H]1N(Cc1ccccc1I)O[C@@H]2[C@H]1OC2(Cc4ccccc4C2)O[C@H]13. The Morgan fingerprint density at radius 2 is 1.73 bits per heavy atom. The van der Waals surface area contributed by atoms with E-state index in [1.807, 2.05) is 36.4 Å². The minimum absolute atomic E-state index is 0.0297. The highest BCUT2D eigenvalue weighted by molar-refractivity contribution is 14.1. The molecule has 0 unspecified atom stereocenters. The van der Waals surface area contributed by atoms with E-state index in [2.05, 4.69) is 45.4 Å². The van der Waals surface area contributed by atoms with Crippen molar-refractivity contribution in [3.05, 3.63) is 68.8 Å². The zero-order chi connectivity index (χ0) is 36.1. The Morgan fingerprint density at radius 3 is 2.41 bits per heavy atom. The molecule has 7 rings (SSSR count). The maximum absolute atomic E-state index is 14.5. The third kappa shape index (κ3) is 7.02. The summed E-state index contributed by atoms with van der Waals surface area (Å²) >= 11 is 2.24. The predicted molar refractivity (Wildman–Crippen MR) is 188 cm³/mol. The van der Waals surface area contributed by atoms with Crippen LogP contribution >= 0.6 is 22.6 Å². The molecule has 3 N–H and O–H groups in total. The van der Waals surface area contributed by atoms with Crippen LogP contribution in [0.15, 0.2) is 48.5 Å². The fraction of sp³-hybridized carbons (Fsp3) is 0.568. The van der Waals surface area contributed by atoms with Crippen LogP contribution in [0.2, 0.25) is 0 Å². The first kappa shape index (κ1) is 36.2. The van der Waals surface area contributed by atoms with E-state index in [0.717, 1.165) is 20.3 Å². The van der Waals surface area contributed by atoms with E-state index in [1.165, 1.54) is 0 Å². The van der Waals surface area contributed by atoms with Gasteiger partial charge in [-0.1, -0.05) is 42.5 Å². The van der Waals surface area contributed by atoms with E-state index in [-0.39, 0.29) is 45.4 Å². The molecule has 2 amide bonds. The van der Waals surface area contributed by atoms with Gasteiger partial charge in [-0.2, -0.15) is 5.06 Å². The zero-order valence-electron chi connectivity index (χ0n) is 28.9. The number of ether oxygens (including phenoxy) is 4. The number of hydroxylamine groups is 2. The molecule has 3 saturated heterocycles. The highest BCUT2D eigenvalue weighted by Crippen LogP contribution is 2.58. The van der Waals surface area contributed by atoms with Crippen molar-refractivity contribution < 1.29 is 48.1 Å². The number of carbonyl (C=O) groups excluding carboxylic acids is 4. The first-order valence-corrected chi connectivity index (χ1v) is 18.6. The molecule has 2 aliphatic carbocycles. The lowest BCUT2D eigenvalue weighted by molar-refractivity contribution is -0.217. The molecule has 1 saturated carbocycles. The number of fused-ring (bicyclic) bond motifs is 5. The van der Waals surface area contributed by atoms with Crippen LogP contribution in [0.1, 0.15) is 63.1 Å². The second-order valence-electron chi connectivity index (χ2n) is 15.1. The number of esters is 2. The number of nitrogens with zero attached hydrogens (tertiary/aromatic N) is 1. The third-order valence-electron chi connectivity index (χ3n) is 10.3. The Hall–Kier alpha value is -3.15. The van der Waals surface area contributed by atoms with Crippen molar-refractivity contribution in [3.63, 3.8) is 0 Å². The van der Waals surface area contributed by atoms with Crippen molar-refractivity contribution in [3.8, 4) is 0 Å². The summed E-state index contributed by atoms with van der Waals surface area (Å²) in [6.07, 6.45) is -1.56. The summed E-state index contributed by atoms with van der Waals surface area (Å²) in [6.45, 7) is 5.15. The number of aliphatic hydroxyl groups is 1. The molecular weight excluding hydrogens is 773 g/mol. The van der Waals surface area contributed by atoms with Crippen LogP contribution in [0.4, 0.5) is 0 Å². The number of nitrogens with one attached hydrogen (secondary N) is 2. The maximum Gasteiger partial charge on any atom is 0.327 e. The van der Waals surface area contributed by atoms with E-state index in [1.54, 1.807) is 25.8 Å². The Morgan fingerprint density at radius 1 is 1.04 bits per heavy atom. The van der Waals surface area contributed by atoms with E-state index >= 15 is 0 Å². The first-order chi connectivity index (χ1) is 24.3. The van der Waals surface area contributed by atoms with E-state index < -0.39 is 77.1 Å². The Labute approximate surface area is 310 Å². The van der Waals surface area contributed by atoms with E-state index in [4.69, 9.17) is 23.8 Å². The maximum atomic E-state index is 14.5. The summed E-state index contributed by atoms with van der Waals surface area (Å²) in [7, 11) is 0. The highest BCUT2D eigenvalue weighted by atomic mass is 127. The first-order valence-electron chi connectivity index (χ1n) is 17.5. The molecule has 4 fully saturated rings. The van der Waals surface area contributed by atoms with Gasteiger partial charge in [0.2, 0.25) is 11.8 Å². The molecule has 5 aliphatic rings. The van der Waals surface area contributed by atoms with E-state index in [0.29, 0.717) is 12.8 Å². The molecule has 3 aliphatic heterocycles. The molecule has 2 aromatic rings. The van der Waals surface area contributed by atoms with Crippen LogP contribution < -0.4 is 10.6 Å². The van der Waals surface area contributed by atoms with E-state index in [9.17, 15) is 24.3 Å². The number of hydrogen-bond donors (Lipinski definition) is 3. The van der Waals surface area contributed by atoms with Crippen molar-refractivity contribution in [1.29, 1.82) is 0 Å².